The van der Waals surface area contributed by atoms with Gasteiger partial charge in [-0.05, 0) is 49.7 Å². The number of nitrogens with two attached hydrogens (primary N) is 1. The third kappa shape index (κ3) is 3.89. The lowest BCUT2D eigenvalue weighted by Gasteiger charge is -2.17. The molecule has 5 heteroatoms. The fourth-order valence-electron chi connectivity index (χ4n) is 2.14. The summed E-state index contributed by atoms with van der Waals surface area (Å²) in [6.45, 7) is 3.91. The second-order valence-electron chi connectivity index (χ2n) is 4.99. The standard InChI is InChI=1S/C16H19N3O2/c1-10-3-8-14(15(20)9-10)11(2)18-12-4-6-13(7-5-12)19-16(17)21/h3-9,11,18,20H,1-2H3,(H3,17,19,21). The van der Waals surface area contributed by atoms with E-state index in [2.05, 4.69) is 10.6 Å². The Morgan fingerprint density at radius 1 is 1.14 bits per heavy atom. The molecule has 0 spiro atoms. The number of phenolic OH excluding ortho intramolecular Hbond substituents is 1. The highest BCUT2D eigenvalue weighted by Gasteiger charge is 2.10. The number of hydrogen-bond donors (Lipinski definition) is 4. The summed E-state index contributed by atoms with van der Waals surface area (Å²) in [6, 6.07) is 12.2. The first-order valence-electron chi connectivity index (χ1n) is 6.68. The second kappa shape index (κ2) is 6.17. The fraction of sp³-hybridized carbons (Fsp3) is 0.188. The molecule has 0 aromatic heterocycles. The molecule has 5 N–H and O–H groups in total. The summed E-state index contributed by atoms with van der Waals surface area (Å²) in [5.41, 5.74) is 8.43. The van der Waals surface area contributed by atoms with Crippen LogP contribution < -0.4 is 16.4 Å². The molecule has 0 heterocycles. The van der Waals surface area contributed by atoms with Crippen molar-refractivity contribution in [3.63, 3.8) is 0 Å². The number of amides is 2. The molecule has 2 amide bonds. The summed E-state index contributed by atoms with van der Waals surface area (Å²) < 4.78 is 0. The van der Waals surface area contributed by atoms with Gasteiger partial charge in [0.25, 0.3) is 0 Å². The molecule has 2 aromatic carbocycles. The number of aromatic hydroxyl groups is 1. The summed E-state index contributed by atoms with van der Waals surface area (Å²) in [5, 5.41) is 15.8. The predicted molar refractivity (Wildman–Crippen MR) is 84.5 cm³/mol. The molecular weight excluding hydrogens is 266 g/mol. The Kier molecular flexibility index (Phi) is 4.33. The van der Waals surface area contributed by atoms with E-state index < -0.39 is 6.03 Å². The van der Waals surface area contributed by atoms with Gasteiger partial charge in [0.15, 0.2) is 0 Å². The number of phenols is 1. The number of hydrogen-bond acceptors (Lipinski definition) is 3. The van der Waals surface area contributed by atoms with E-state index >= 15 is 0 Å². The van der Waals surface area contributed by atoms with Crippen LogP contribution in [0.25, 0.3) is 0 Å². The first kappa shape index (κ1) is 14.7. The van der Waals surface area contributed by atoms with Crippen molar-refractivity contribution in [2.24, 2.45) is 5.73 Å². The lowest BCUT2D eigenvalue weighted by molar-refractivity contribution is 0.259. The molecule has 1 atom stereocenters. The smallest absolute Gasteiger partial charge is 0.316 e. The van der Waals surface area contributed by atoms with Gasteiger partial charge in [0.2, 0.25) is 0 Å². The van der Waals surface area contributed by atoms with E-state index in [9.17, 15) is 9.90 Å². The van der Waals surface area contributed by atoms with Gasteiger partial charge < -0.3 is 21.5 Å². The maximum Gasteiger partial charge on any atom is 0.316 e. The van der Waals surface area contributed by atoms with Gasteiger partial charge in [-0.2, -0.15) is 0 Å². The molecule has 0 aliphatic heterocycles. The molecule has 0 aliphatic rings. The Hall–Kier alpha value is -2.69. The molecular formula is C16H19N3O2. The SMILES string of the molecule is Cc1ccc(C(C)Nc2ccc(NC(N)=O)cc2)c(O)c1. The Morgan fingerprint density at radius 3 is 2.33 bits per heavy atom. The molecule has 0 fully saturated rings. The van der Waals surface area contributed by atoms with Crippen molar-refractivity contribution < 1.29 is 9.90 Å². The van der Waals surface area contributed by atoms with Gasteiger partial charge in [-0.15, -0.1) is 0 Å². The zero-order chi connectivity index (χ0) is 15.4. The topological polar surface area (TPSA) is 87.4 Å². The van der Waals surface area contributed by atoms with Crippen LogP contribution in [0.5, 0.6) is 5.75 Å². The van der Waals surface area contributed by atoms with E-state index in [-0.39, 0.29) is 11.8 Å². The average Bonchev–Trinajstić information content (AvgIpc) is 2.40. The number of aryl methyl sites for hydroxylation is 1. The van der Waals surface area contributed by atoms with Crippen LogP contribution in [0.2, 0.25) is 0 Å². The van der Waals surface area contributed by atoms with E-state index in [0.29, 0.717) is 5.69 Å². The third-order valence-corrected chi connectivity index (χ3v) is 3.19. The number of rotatable bonds is 4. The number of anilines is 2. The Bertz CT molecular complexity index is 638. The van der Waals surface area contributed by atoms with Gasteiger partial charge in [0.1, 0.15) is 5.75 Å². The minimum Gasteiger partial charge on any atom is -0.508 e. The van der Waals surface area contributed by atoms with Crippen LogP contribution in [0.4, 0.5) is 16.2 Å². The van der Waals surface area contributed by atoms with Crippen LogP contribution in [0.3, 0.4) is 0 Å². The average molecular weight is 285 g/mol. The van der Waals surface area contributed by atoms with Crippen molar-refractivity contribution in [3.8, 4) is 5.75 Å². The first-order valence-corrected chi connectivity index (χ1v) is 6.68. The molecule has 0 saturated carbocycles. The molecule has 1 unspecified atom stereocenters. The molecule has 0 radical (unpaired) electrons. The molecule has 21 heavy (non-hydrogen) atoms. The second-order valence-corrected chi connectivity index (χ2v) is 4.99. The molecule has 110 valence electrons. The summed E-state index contributed by atoms with van der Waals surface area (Å²) in [5.74, 6) is 0.280. The van der Waals surface area contributed by atoms with E-state index in [1.54, 1.807) is 18.2 Å². The Morgan fingerprint density at radius 2 is 1.76 bits per heavy atom. The van der Waals surface area contributed by atoms with Crippen molar-refractivity contribution in [1.82, 2.24) is 0 Å². The van der Waals surface area contributed by atoms with Crippen LogP contribution in [0, 0.1) is 6.92 Å². The number of primary amides is 1. The highest BCUT2D eigenvalue weighted by molar-refractivity contribution is 5.87. The molecule has 2 aromatic rings. The fourth-order valence-corrected chi connectivity index (χ4v) is 2.14. The lowest BCUT2D eigenvalue weighted by atomic mass is 10.0. The summed E-state index contributed by atoms with van der Waals surface area (Å²) >= 11 is 0. The largest absolute Gasteiger partial charge is 0.508 e. The van der Waals surface area contributed by atoms with E-state index in [0.717, 1.165) is 16.8 Å². The van der Waals surface area contributed by atoms with Gasteiger partial charge >= 0.3 is 6.03 Å². The van der Waals surface area contributed by atoms with Crippen LogP contribution >= 0.6 is 0 Å². The van der Waals surface area contributed by atoms with Crippen molar-refractivity contribution >= 4 is 17.4 Å². The highest BCUT2D eigenvalue weighted by atomic mass is 16.3. The summed E-state index contributed by atoms with van der Waals surface area (Å²) in [6.07, 6.45) is 0. The van der Waals surface area contributed by atoms with Gasteiger partial charge in [-0.25, -0.2) is 4.79 Å². The molecule has 0 aliphatic carbocycles. The number of urea groups is 1. The number of nitrogens with one attached hydrogen (secondary N) is 2. The third-order valence-electron chi connectivity index (χ3n) is 3.19. The van der Waals surface area contributed by atoms with Gasteiger partial charge in [-0.3, -0.25) is 0 Å². The van der Waals surface area contributed by atoms with Crippen LogP contribution in [-0.4, -0.2) is 11.1 Å². The van der Waals surface area contributed by atoms with Crippen LogP contribution in [0.15, 0.2) is 42.5 Å². The lowest BCUT2D eigenvalue weighted by Crippen LogP contribution is -2.19. The quantitative estimate of drug-likeness (QED) is 0.694. The Labute approximate surface area is 123 Å². The summed E-state index contributed by atoms with van der Waals surface area (Å²) in [4.78, 5) is 10.7. The maximum absolute atomic E-state index is 10.7. The maximum atomic E-state index is 10.7. The van der Waals surface area contributed by atoms with Gasteiger partial charge in [0, 0.05) is 16.9 Å². The Balaban J connectivity index is 2.08. The zero-order valence-electron chi connectivity index (χ0n) is 12.1. The van der Waals surface area contributed by atoms with E-state index in [1.165, 1.54) is 0 Å². The number of carbonyl (C=O) groups excluding carboxylic acids is 1. The number of benzene rings is 2. The normalized spacial score (nSPS) is 11.7. The molecule has 0 bridgehead atoms. The molecule has 0 saturated heterocycles. The van der Waals surface area contributed by atoms with Crippen molar-refractivity contribution in [2.75, 3.05) is 10.6 Å². The predicted octanol–water partition coefficient (Wildman–Crippen LogP) is 3.36. The van der Waals surface area contributed by atoms with Crippen molar-refractivity contribution in [1.29, 1.82) is 0 Å². The van der Waals surface area contributed by atoms with Gasteiger partial charge in [-0.1, -0.05) is 12.1 Å². The molecule has 2 rings (SSSR count). The number of carbonyl (C=O) groups is 1. The monoisotopic (exact) mass is 285 g/mol. The minimum atomic E-state index is -0.589. The van der Waals surface area contributed by atoms with Crippen LogP contribution in [-0.2, 0) is 0 Å². The van der Waals surface area contributed by atoms with E-state index in [1.807, 2.05) is 38.1 Å². The van der Waals surface area contributed by atoms with Crippen LogP contribution in [0.1, 0.15) is 24.1 Å². The zero-order valence-corrected chi connectivity index (χ0v) is 12.1. The summed E-state index contributed by atoms with van der Waals surface area (Å²) in [7, 11) is 0. The van der Waals surface area contributed by atoms with Crippen molar-refractivity contribution in [3.05, 3.63) is 53.6 Å². The van der Waals surface area contributed by atoms with E-state index in [4.69, 9.17) is 5.73 Å². The van der Waals surface area contributed by atoms with Gasteiger partial charge in [0.05, 0.1) is 6.04 Å². The molecule has 5 nitrogen and oxygen atoms in total. The minimum absolute atomic E-state index is 0.0412. The van der Waals surface area contributed by atoms with Crippen molar-refractivity contribution in [2.45, 2.75) is 19.9 Å². The first-order chi connectivity index (χ1) is 9.95. The highest BCUT2D eigenvalue weighted by Crippen LogP contribution is 2.28.